The Kier molecular flexibility index (Phi) is 6.11. The van der Waals surface area contributed by atoms with Crippen molar-refractivity contribution in [2.45, 2.75) is 57.6 Å². The third-order valence-electron chi connectivity index (χ3n) is 3.53. The van der Waals surface area contributed by atoms with Gasteiger partial charge in [-0.1, -0.05) is 6.92 Å². The first-order chi connectivity index (χ1) is 8.88. The summed E-state index contributed by atoms with van der Waals surface area (Å²) in [6.07, 6.45) is 9.82. The highest BCUT2D eigenvalue weighted by Gasteiger charge is 2.17. The van der Waals surface area contributed by atoms with Crippen LogP contribution in [-0.2, 0) is 11.2 Å². The van der Waals surface area contributed by atoms with Gasteiger partial charge in [-0.25, -0.2) is 0 Å². The van der Waals surface area contributed by atoms with E-state index in [-0.39, 0.29) is 0 Å². The van der Waals surface area contributed by atoms with Crippen molar-refractivity contribution in [3.05, 3.63) is 16.6 Å². The van der Waals surface area contributed by atoms with E-state index >= 15 is 0 Å². The number of nitrogens with zero attached hydrogens (tertiary/aromatic N) is 1. The molecule has 1 saturated heterocycles. The Labute approximate surface area is 114 Å². The van der Waals surface area contributed by atoms with E-state index in [4.69, 9.17) is 4.74 Å². The normalized spacial score (nSPS) is 21.9. The van der Waals surface area contributed by atoms with Crippen molar-refractivity contribution in [2.75, 3.05) is 13.2 Å². The van der Waals surface area contributed by atoms with Crippen molar-refractivity contribution in [1.82, 2.24) is 10.3 Å². The molecule has 1 aromatic heterocycles. The van der Waals surface area contributed by atoms with Crippen LogP contribution in [-0.4, -0.2) is 30.3 Å². The van der Waals surface area contributed by atoms with Crippen molar-refractivity contribution in [2.24, 2.45) is 0 Å². The van der Waals surface area contributed by atoms with E-state index in [1.54, 1.807) is 11.3 Å². The van der Waals surface area contributed by atoms with Crippen molar-refractivity contribution >= 4 is 11.3 Å². The summed E-state index contributed by atoms with van der Waals surface area (Å²) in [5.74, 6) is 0. The molecule has 0 amide bonds. The molecular formula is C14H24N2OS. The summed E-state index contributed by atoms with van der Waals surface area (Å²) < 4.78 is 5.80. The molecule has 0 aliphatic carbocycles. The molecule has 1 aliphatic rings. The first kappa shape index (κ1) is 14.0. The average molecular weight is 268 g/mol. The number of hydrogen-bond donors (Lipinski definition) is 1. The minimum atomic E-state index is 0.501. The Morgan fingerprint density at radius 1 is 1.56 bits per heavy atom. The number of nitrogens with one attached hydrogen (secondary N) is 1. The predicted molar refractivity (Wildman–Crippen MR) is 76.1 cm³/mol. The first-order valence-corrected chi connectivity index (χ1v) is 7.98. The summed E-state index contributed by atoms with van der Waals surface area (Å²) in [7, 11) is 0. The minimum absolute atomic E-state index is 0.501. The second kappa shape index (κ2) is 7.87. The van der Waals surface area contributed by atoms with Crippen LogP contribution in [0.5, 0.6) is 0 Å². The summed E-state index contributed by atoms with van der Waals surface area (Å²) in [6.45, 7) is 4.18. The van der Waals surface area contributed by atoms with Crippen molar-refractivity contribution in [3.63, 3.8) is 0 Å². The second-order valence-electron chi connectivity index (χ2n) is 4.99. The number of likely N-dealkylation sites (N-methyl/N-ethyl adjacent to an activating group) is 1. The molecule has 1 fully saturated rings. The molecule has 0 aromatic carbocycles. The number of rotatable bonds is 7. The molecule has 0 radical (unpaired) electrons. The molecule has 18 heavy (non-hydrogen) atoms. The maximum Gasteiger partial charge on any atom is 0.0794 e. The highest BCUT2D eigenvalue weighted by molar-refractivity contribution is 7.09. The van der Waals surface area contributed by atoms with Crippen LogP contribution in [0.15, 0.2) is 11.7 Å². The van der Waals surface area contributed by atoms with Crippen LogP contribution < -0.4 is 5.32 Å². The molecule has 102 valence electrons. The van der Waals surface area contributed by atoms with Crippen molar-refractivity contribution in [3.8, 4) is 0 Å². The summed E-state index contributed by atoms with van der Waals surface area (Å²) in [5, 5.41) is 3.58. The summed E-state index contributed by atoms with van der Waals surface area (Å²) in [6, 6.07) is 0.570. The standard InChI is InChI=1S/C14H24N2OS/c1-2-16-12(9-14-10-15-11-18-14)6-7-13-5-3-4-8-17-13/h10-13,16H,2-9H2,1H3. The second-order valence-corrected chi connectivity index (χ2v) is 5.96. The molecule has 4 heteroatoms. The molecule has 0 saturated carbocycles. The van der Waals surface area contributed by atoms with Gasteiger partial charge in [-0.15, -0.1) is 11.3 Å². The number of thiazole rings is 1. The molecule has 1 aromatic rings. The van der Waals surface area contributed by atoms with Crippen LogP contribution in [0.25, 0.3) is 0 Å². The first-order valence-electron chi connectivity index (χ1n) is 7.11. The molecule has 0 bridgehead atoms. The largest absolute Gasteiger partial charge is 0.378 e. The van der Waals surface area contributed by atoms with Gasteiger partial charge >= 0.3 is 0 Å². The van der Waals surface area contributed by atoms with E-state index in [9.17, 15) is 0 Å². The quantitative estimate of drug-likeness (QED) is 0.825. The maximum absolute atomic E-state index is 5.80. The lowest BCUT2D eigenvalue weighted by molar-refractivity contribution is 0.00862. The smallest absolute Gasteiger partial charge is 0.0794 e. The van der Waals surface area contributed by atoms with Gasteiger partial charge in [0.1, 0.15) is 0 Å². The van der Waals surface area contributed by atoms with E-state index < -0.39 is 0 Å². The highest BCUT2D eigenvalue weighted by Crippen LogP contribution is 2.19. The van der Waals surface area contributed by atoms with Crippen LogP contribution in [0.4, 0.5) is 0 Å². The summed E-state index contributed by atoms with van der Waals surface area (Å²) in [5.41, 5.74) is 1.92. The van der Waals surface area contributed by atoms with E-state index in [0.717, 1.165) is 19.6 Å². The van der Waals surface area contributed by atoms with Gasteiger partial charge in [0.15, 0.2) is 0 Å². The molecular weight excluding hydrogens is 244 g/mol. The van der Waals surface area contributed by atoms with Crippen LogP contribution in [0, 0.1) is 0 Å². The van der Waals surface area contributed by atoms with Gasteiger partial charge in [0.25, 0.3) is 0 Å². The lowest BCUT2D eigenvalue weighted by Gasteiger charge is -2.25. The third kappa shape index (κ3) is 4.67. The monoisotopic (exact) mass is 268 g/mol. The van der Waals surface area contributed by atoms with Crippen LogP contribution >= 0.6 is 11.3 Å². The van der Waals surface area contributed by atoms with Gasteiger partial charge in [0, 0.05) is 23.7 Å². The Morgan fingerprint density at radius 3 is 3.17 bits per heavy atom. The Hall–Kier alpha value is -0.450. The topological polar surface area (TPSA) is 34.1 Å². The van der Waals surface area contributed by atoms with Gasteiger partial charge < -0.3 is 10.1 Å². The lowest BCUT2D eigenvalue weighted by Crippen LogP contribution is -2.32. The molecule has 3 nitrogen and oxygen atoms in total. The summed E-state index contributed by atoms with van der Waals surface area (Å²) in [4.78, 5) is 5.53. The molecule has 2 rings (SSSR count). The van der Waals surface area contributed by atoms with Gasteiger partial charge in [-0.3, -0.25) is 4.98 Å². The Bertz CT molecular complexity index is 310. The van der Waals surface area contributed by atoms with Crippen LogP contribution in [0.1, 0.15) is 43.9 Å². The van der Waals surface area contributed by atoms with Crippen molar-refractivity contribution < 1.29 is 4.74 Å². The molecule has 0 spiro atoms. The van der Waals surface area contributed by atoms with E-state index in [1.807, 2.05) is 11.7 Å². The van der Waals surface area contributed by atoms with E-state index in [0.29, 0.717) is 12.1 Å². The SMILES string of the molecule is CCNC(CCC1CCCCO1)Cc1cncs1. The zero-order valence-corrected chi connectivity index (χ0v) is 12.0. The van der Waals surface area contributed by atoms with Gasteiger partial charge in [-0.05, 0) is 45.1 Å². The van der Waals surface area contributed by atoms with Crippen LogP contribution in [0.3, 0.4) is 0 Å². The van der Waals surface area contributed by atoms with Crippen molar-refractivity contribution in [1.29, 1.82) is 0 Å². The fraction of sp³-hybridized carbons (Fsp3) is 0.786. The van der Waals surface area contributed by atoms with Gasteiger partial charge in [0.05, 0.1) is 11.6 Å². The zero-order valence-electron chi connectivity index (χ0n) is 11.2. The van der Waals surface area contributed by atoms with Gasteiger partial charge in [0.2, 0.25) is 0 Å². The van der Waals surface area contributed by atoms with E-state index in [2.05, 4.69) is 17.2 Å². The molecule has 1 aliphatic heterocycles. The van der Waals surface area contributed by atoms with E-state index in [1.165, 1.54) is 37.0 Å². The highest BCUT2D eigenvalue weighted by atomic mass is 32.1. The number of ether oxygens (including phenoxy) is 1. The molecule has 2 atom stereocenters. The number of aromatic nitrogens is 1. The molecule has 2 heterocycles. The molecule has 1 N–H and O–H groups in total. The maximum atomic E-state index is 5.80. The zero-order chi connectivity index (χ0) is 12.6. The minimum Gasteiger partial charge on any atom is -0.378 e. The lowest BCUT2D eigenvalue weighted by atomic mass is 10.00. The number of hydrogen-bond acceptors (Lipinski definition) is 4. The fourth-order valence-corrected chi connectivity index (χ4v) is 3.25. The fourth-order valence-electron chi connectivity index (χ4n) is 2.57. The molecule has 2 unspecified atom stereocenters. The van der Waals surface area contributed by atoms with Crippen LogP contribution in [0.2, 0.25) is 0 Å². The van der Waals surface area contributed by atoms with Gasteiger partial charge in [-0.2, -0.15) is 0 Å². The summed E-state index contributed by atoms with van der Waals surface area (Å²) >= 11 is 1.76. The Morgan fingerprint density at radius 2 is 2.50 bits per heavy atom. The predicted octanol–water partition coefficient (Wildman–Crippen LogP) is 3.01. The Balaban J connectivity index is 1.74. The average Bonchev–Trinajstić information content (AvgIpc) is 2.90. The third-order valence-corrected chi connectivity index (χ3v) is 4.34.